The van der Waals surface area contributed by atoms with Crippen molar-refractivity contribution in [2.45, 2.75) is 6.92 Å². The van der Waals surface area contributed by atoms with Gasteiger partial charge in [0, 0.05) is 17.6 Å². The van der Waals surface area contributed by atoms with E-state index in [0.717, 1.165) is 5.69 Å². The standard InChI is InChI=1S/C14H9Cl2N3O/c1-8-4-13(16)11(7-18-8)14(20)19-10-3-2-9(6-17)12(15)5-10/h2-5,7H,1H3,(H,19,20). The first kappa shape index (κ1) is 14.3. The van der Waals surface area contributed by atoms with Crippen molar-refractivity contribution >= 4 is 34.8 Å². The van der Waals surface area contributed by atoms with E-state index in [1.807, 2.05) is 6.07 Å². The van der Waals surface area contributed by atoms with Gasteiger partial charge in [-0.1, -0.05) is 23.2 Å². The average molecular weight is 306 g/mol. The van der Waals surface area contributed by atoms with Crippen molar-refractivity contribution < 1.29 is 4.79 Å². The first-order valence-electron chi connectivity index (χ1n) is 5.64. The number of benzene rings is 1. The lowest BCUT2D eigenvalue weighted by atomic mass is 10.2. The minimum Gasteiger partial charge on any atom is -0.322 e. The fourth-order valence-electron chi connectivity index (χ4n) is 1.58. The van der Waals surface area contributed by atoms with Crippen molar-refractivity contribution in [3.05, 3.63) is 57.3 Å². The van der Waals surface area contributed by atoms with Crippen LogP contribution in [-0.2, 0) is 0 Å². The fourth-order valence-corrected chi connectivity index (χ4v) is 2.09. The number of pyridine rings is 1. The van der Waals surface area contributed by atoms with E-state index in [-0.39, 0.29) is 16.5 Å². The molecule has 1 heterocycles. The molecule has 0 bridgehead atoms. The number of rotatable bonds is 2. The molecule has 0 spiro atoms. The summed E-state index contributed by atoms with van der Waals surface area (Å²) in [6.45, 7) is 1.79. The van der Waals surface area contributed by atoms with Crippen LogP contribution < -0.4 is 5.32 Å². The lowest BCUT2D eigenvalue weighted by Gasteiger charge is -2.07. The summed E-state index contributed by atoms with van der Waals surface area (Å²) in [7, 11) is 0. The predicted octanol–water partition coefficient (Wildman–Crippen LogP) is 3.82. The van der Waals surface area contributed by atoms with Crippen LogP contribution in [0, 0.1) is 18.3 Å². The molecule has 1 N–H and O–H groups in total. The second kappa shape index (κ2) is 5.91. The molecule has 0 unspecified atom stereocenters. The molecule has 1 amide bonds. The topological polar surface area (TPSA) is 65.8 Å². The largest absolute Gasteiger partial charge is 0.322 e. The number of halogens is 2. The molecule has 1 aromatic heterocycles. The molecule has 100 valence electrons. The van der Waals surface area contributed by atoms with Gasteiger partial charge >= 0.3 is 0 Å². The van der Waals surface area contributed by atoms with Gasteiger partial charge in [-0.15, -0.1) is 0 Å². The Morgan fingerprint density at radius 2 is 2.05 bits per heavy atom. The van der Waals surface area contributed by atoms with Crippen molar-refractivity contribution in [1.82, 2.24) is 4.98 Å². The molecular weight excluding hydrogens is 297 g/mol. The molecule has 0 fully saturated rings. The third kappa shape index (κ3) is 3.08. The zero-order valence-electron chi connectivity index (χ0n) is 10.4. The molecule has 0 aliphatic heterocycles. The number of nitriles is 1. The summed E-state index contributed by atoms with van der Waals surface area (Å²) < 4.78 is 0. The van der Waals surface area contributed by atoms with E-state index in [4.69, 9.17) is 28.5 Å². The smallest absolute Gasteiger partial charge is 0.258 e. The Bertz CT molecular complexity index is 723. The van der Waals surface area contributed by atoms with Gasteiger partial charge < -0.3 is 5.32 Å². The molecule has 0 saturated heterocycles. The third-order valence-corrected chi connectivity index (χ3v) is 3.21. The second-order valence-corrected chi connectivity index (χ2v) is 4.88. The van der Waals surface area contributed by atoms with Crippen LogP contribution in [0.3, 0.4) is 0 Å². The van der Waals surface area contributed by atoms with Gasteiger partial charge in [0.05, 0.1) is 21.2 Å². The summed E-state index contributed by atoms with van der Waals surface area (Å²) >= 11 is 11.9. The van der Waals surface area contributed by atoms with Crippen LogP contribution >= 0.6 is 23.2 Å². The lowest BCUT2D eigenvalue weighted by molar-refractivity contribution is 0.102. The van der Waals surface area contributed by atoms with Crippen molar-refractivity contribution in [3.8, 4) is 6.07 Å². The van der Waals surface area contributed by atoms with Crippen LogP contribution in [0.4, 0.5) is 5.69 Å². The van der Waals surface area contributed by atoms with E-state index in [0.29, 0.717) is 16.3 Å². The Balaban J connectivity index is 2.24. The zero-order valence-corrected chi connectivity index (χ0v) is 12.0. The summed E-state index contributed by atoms with van der Waals surface area (Å²) in [5.41, 5.74) is 1.83. The number of hydrogen-bond donors (Lipinski definition) is 1. The fraction of sp³-hybridized carbons (Fsp3) is 0.0714. The van der Waals surface area contributed by atoms with Crippen molar-refractivity contribution in [2.75, 3.05) is 5.32 Å². The Labute approximate surface area is 126 Å². The van der Waals surface area contributed by atoms with Gasteiger partial charge in [-0.3, -0.25) is 9.78 Å². The number of hydrogen-bond acceptors (Lipinski definition) is 3. The highest BCUT2D eigenvalue weighted by Gasteiger charge is 2.12. The summed E-state index contributed by atoms with van der Waals surface area (Å²) in [6.07, 6.45) is 1.41. The van der Waals surface area contributed by atoms with E-state index in [1.165, 1.54) is 18.3 Å². The number of amides is 1. The van der Waals surface area contributed by atoms with E-state index < -0.39 is 0 Å². The monoisotopic (exact) mass is 305 g/mol. The average Bonchev–Trinajstić information content (AvgIpc) is 2.38. The van der Waals surface area contributed by atoms with Crippen LogP contribution in [0.2, 0.25) is 10.0 Å². The molecule has 2 rings (SSSR count). The Morgan fingerprint density at radius 3 is 2.65 bits per heavy atom. The summed E-state index contributed by atoms with van der Waals surface area (Å²) in [4.78, 5) is 16.1. The maximum absolute atomic E-state index is 12.1. The molecule has 2 aromatic rings. The quantitative estimate of drug-likeness (QED) is 0.917. The van der Waals surface area contributed by atoms with E-state index in [1.54, 1.807) is 19.1 Å². The highest BCUT2D eigenvalue weighted by molar-refractivity contribution is 6.34. The van der Waals surface area contributed by atoms with Crippen LogP contribution in [0.25, 0.3) is 0 Å². The third-order valence-electron chi connectivity index (χ3n) is 2.58. The van der Waals surface area contributed by atoms with Crippen LogP contribution in [0.5, 0.6) is 0 Å². The molecular formula is C14H9Cl2N3O. The molecule has 20 heavy (non-hydrogen) atoms. The molecule has 4 nitrogen and oxygen atoms in total. The number of aryl methyl sites for hydroxylation is 1. The molecule has 0 aliphatic rings. The number of nitrogens with one attached hydrogen (secondary N) is 1. The zero-order chi connectivity index (χ0) is 14.7. The molecule has 0 radical (unpaired) electrons. The van der Waals surface area contributed by atoms with E-state index >= 15 is 0 Å². The Hall–Kier alpha value is -2.09. The van der Waals surface area contributed by atoms with Gasteiger partial charge in [-0.2, -0.15) is 5.26 Å². The SMILES string of the molecule is Cc1cc(Cl)c(C(=O)Nc2ccc(C#N)c(Cl)c2)cn1. The van der Waals surface area contributed by atoms with E-state index in [2.05, 4.69) is 10.3 Å². The Kier molecular flexibility index (Phi) is 4.23. The highest BCUT2D eigenvalue weighted by atomic mass is 35.5. The molecule has 0 atom stereocenters. The molecule has 0 aliphatic carbocycles. The summed E-state index contributed by atoms with van der Waals surface area (Å²) in [6, 6.07) is 8.20. The number of nitrogens with zero attached hydrogens (tertiary/aromatic N) is 2. The summed E-state index contributed by atoms with van der Waals surface area (Å²) in [5.74, 6) is -0.386. The van der Waals surface area contributed by atoms with Crippen molar-refractivity contribution in [3.63, 3.8) is 0 Å². The maximum atomic E-state index is 12.1. The first-order valence-corrected chi connectivity index (χ1v) is 6.40. The lowest BCUT2D eigenvalue weighted by Crippen LogP contribution is -2.13. The van der Waals surface area contributed by atoms with Crippen LogP contribution in [0.15, 0.2) is 30.5 Å². The predicted molar refractivity (Wildman–Crippen MR) is 78.1 cm³/mol. The van der Waals surface area contributed by atoms with Gasteiger partial charge in [-0.05, 0) is 31.2 Å². The summed E-state index contributed by atoms with van der Waals surface area (Å²) in [5, 5.41) is 12.0. The van der Waals surface area contributed by atoms with Crippen molar-refractivity contribution in [1.29, 1.82) is 5.26 Å². The second-order valence-electron chi connectivity index (χ2n) is 4.07. The molecule has 0 saturated carbocycles. The number of aromatic nitrogens is 1. The maximum Gasteiger partial charge on any atom is 0.258 e. The van der Waals surface area contributed by atoms with Gasteiger partial charge in [0.25, 0.3) is 5.91 Å². The van der Waals surface area contributed by atoms with Crippen LogP contribution in [-0.4, -0.2) is 10.9 Å². The minimum absolute atomic E-state index is 0.276. The minimum atomic E-state index is -0.386. The van der Waals surface area contributed by atoms with Crippen LogP contribution in [0.1, 0.15) is 21.6 Å². The van der Waals surface area contributed by atoms with E-state index in [9.17, 15) is 4.79 Å². The van der Waals surface area contributed by atoms with Gasteiger partial charge in [0.15, 0.2) is 0 Å². The van der Waals surface area contributed by atoms with Gasteiger partial charge in [-0.25, -0.2) is 0 Å². The van der Waals surface area contributed by atoms with Gasteiger partial charge in [0.2, 0.25) is 0 Å². The first-order chi connectivity index (χ1) is 9.51. The number of carbonyl (C=O) groups is 1. The number of anilines is 1. The molecule has 6 heteroatoms. The Morgan fingerprint density at radius 1 is 1.30 bits per heavy atom. The molecule has 1 aromatic carbocycles. The van der Waals surface area contributed by atoms with Crippen molar-refractivity contribution in [2.24, 2.45) is 0 Å². The van der Waals surface area contributed by atoms with Gasteiger partial charge in [0.1, 0.15) is 6.07 Å². The normalized spacial score (nSPS) is 9.90. The number of carbonyl (C=O) groups excluding carboxylic acids is 1. The highest BCUT2D eigenvalue weighted by Crippen LogP contribution is 2.22.